The molecule has 1 aromatic heterocycles. The van der Waals surface area contributed by atoms with Crippen LogP contribution in [0.3, 0.4) is 0 Å². The lowest BCUT2D eigenvalue weighted by Gasteiger charge is -2.35. The minimum Gasteiger partial charge on any atom is -0.497 e. The van der Waals surface area contributed by atoms with Crippen molar-refractivity contribution in [1.29, 1.82) is 0 Å². The maximum absolute atomic E-state index is 14.7. The van der Waals surface area contributed by atoms with Gasteiger partial charge in [0.05, 0.1) is 35.2 Å². The monoisotopic (exact) mass is 848 g/mol. The summed E-state index contributed by atoms with van der Waals surface area (Å²) in [6.07, 6.45) is -0.0474. The molecule has 3 heterocycles. The predicted molar refractivity (Wildman–Crippen MR) is 209 cm³/mol. The van der Waals surface area contributed by atoms with Gasteiger partial charge in [-0.05, 0) is 81.8 Å². The van der Waals surface area contributed by atoms with Crippen molar-refractivity contribution in [3.63, 3.8) is 0 Å². The summed E-state index contributed by atoms with van der Waals surface area (Å²) in [5, 5.41) is 5.50. The smallest absolute Gasteiger partial charge is 0.408 e. The van der Waals surface area contributed by atoms with Gasteiger partial charge in [-0.15, -0.1) is 0 Å². The predicted octanol–water partition coefficient (Wildman–Crippen LogP) is 3.78. The first-order valence-electron chi connectivity index (χ1n) is 20.5. The number of fused-ring (bicyclic) bond motifs is 5. The molecule has 5 aliphatic rings. The lowest BCUT2D eigenvalue weighted by Crippen LogP contribution is -2.60. The van der Waals surface area contributed by atoms with Gasteiger partial charge < -0.3 is 29.7 Å². The third kappa shape index (κ3) is 8.44. The standard InChI is InChI=1S/C40H54F2N6O10S/c1-38(2,3)30-34(51)48-21-24(19-28(48)32(49)45-40(20-26(40)31(41)42)35(52)46-59(54,55)39(4)15-16-39)57-36-43-27-18-23(56-5)13-14-25(27)33(50)47(36)17-8-6-7-10-22-11-9-12-29(22)58-37(53)44-30/h13-14,18,22,24,26,28-31H,6-12,15-17,19-21H2,1-5H3,(H,44,53)(H,45,49)(H,46,52)/t22-,24-,26+,28+,29-,30-,40-/m1/s1. The van der Waals surface area contributed by atoms with Crippen molar-refractivity contribution in [3.05, 3.63) is 28.6 Å². The van der Waals surface area contributed by atoms with Crippen molar-refractivity contribution in [3.8, 4) is 11.8 Å². The molecule has 1 saturated heterocycles. The second-order valence-corrected chi connectivity index (χ2v) is 20.3. The van der Waals surface area contributed by atoms with E-state index in [4.69, 9.17) is 19.2 Å². The van der Waals surface area contributed by atoms with Crippen LogP contribution in [0.2, 0.25) is 0 Å². The van der Waals surface area contributed by atoms with Gasteiger partial charge in [-0.1, -0.05) is 33.6 Å². The topological polar surface area (TPSA) is 204 Å². The first-order valence-corrected chi connectivity index (χ1v) is 21.9. The minimum absolute atomic E-state index is 0.0603. The highest BCUT2D eigenvalue weighted by atomic mass is 32.2. The molecule has 2 aromatic rings. The number of nitrogens with one attached hydrogen (secondary N) is 3. The van der Waals surface area contributed by atoms with Crippen molar-refractivity contribution in [1.82, 2.24) is 29.8 Å². The van der Waals surface area contributed by atoms with Crippen LogP contribution in [-0.4, -0.2) is 101 Å². The number of methoxy groups -OCH3 is 1. The van der Waals surface area contributed by atoms with E-state index in [2.05, 4.69) is 10.6 Å². The van der Waals surface area contributed by atoms with Gasteiger partial charge in [0.1, 0.15) is 35.6 Å². The Labute approximate surface area is 341 Å². The molecule has 19 heteroatoms. The van der Waals surface area contributed by atoms with Gasteiger partial charge in [-0.2, -0.15) is 4.98 Å². The Morgan fingerprint density at radius 1 is 1.05 bits per heavy atom. The third-order valence-electron chi connectivity index (χ3n) is 12.8. The summed E-state index contributed by atoms with van der Waals surface area (Å²) >= 11 is 0. The van der Waals surface area contributed by atoms with E-state index >= 15 is 0 Å². The first kappa shape index (κ1) is 42.6. The maximum atomic E-state index is 14.7. The summed E-state index contributed by atoms with van der Waals surface area (Å²) in [5.74, 6) is -4.12. The summed E-state index contributed by atoms with van der Waals surface area (Å²) in [6.45, 7) is 6.59. The number of sulfonamides is 1. The van der Waals surface area contributed by atoms with Crippen molar-refractivity contribution < 1.29 is 50.6 Å². The molecule has 7 rings (SSSR count). The molecule has 0 spiro atoms. The Morgan fingerprint density at radius 3 is 2.44 bits per heavy atom. The largest absolute Gasteiger partial charge is 0.497 e. The van der Waals surface area contributed by atoms with Gasteiger partial charge in [0.25, 0.3) is 17.5 Å². The Kier molecular flexibility index (Phi) is 11.4. The first-order chi connectivity index (χ1) is 27.8. The van der Waals surface area contributed by atoms with E-state index in [1.54, 1.807) is 39.0 Å². The quantitative estimate of drug-likeness (QED) is 0.366. The van der Waals surface area contributed by atoms with Crippen molar-refractivity contribution >= 4 is 44.7 Å². The van der Waals surface area contributed by atoms with Crippen LogP contribution < -0.4 is 30.4 Å². The zero-order valence-corrected chi connectivity index (χ0v) is 34.9. The molecule has 3 saturated carbocycles. The number of benzene rings is 1. The maximum Gasteiger partial charge on any atom is 0.408 e. The molecular formula is C40H54F2N6O10S. The van der Waals surface area contributed by atoms with E-state index in [-0.39, 0.29) is 55.9 Å². The second-order valence-electron chi connectivity index (χ2n) is 18.1. The molecule has 2 aliphatic heterocycles. The average Bonchev–Trinajstić information content (AvgIpc) is 4.00. The van der Waals surface area contributed by atoms with E-state index in [1.165, 1.54) is 18.6 Å². The van der Waals surface area contributed by atoms with Crippen LogP contribution in [0, 0.1) is 17.3 Å². The van der Waals surface area contributed by atoms with E-state index in [9.17, 15) is 41.2 Å². The number of carbonyl (C=O) groups excluding carboxylic acids is 4. The number of halogens is 2. The van der Waals surface area contributed by atoms with Gasteiger partial charge >= 0.3 is 6.09 Å². The Morgan fingerprint density at radius 2 is 1.78 bits per heavy atom. The molecule has 1 aromatic carbocycles. The van der Waals surface area contributed by atoms with Crippen LogP contribution in [0.4, 0.5) is 13.6 Å². The number of nitrogens with zero attached hydrogens (tertiary/aromatic N) is 3. The fourth-order valence-corrected chi connectivity index (χ4v) is 10.0. The molecular weight excluding hydrogens is 795 g/mol. The number of alkyl carbamates (subject to hydrolysis) is 1. The molecule has 16 nitrogen and oxygen atoms in total. The lowest BCUT2D eigenvalue weighted by atomic mass is 9.85. The number of hydrogen-bond donors (Lipinski definition) is 3. The summed E-state index contributed by atoms with van der Waals surface area (Å²) in [4.78, 5) is 76.1. The van der Waals surface area contributed by atoms with Crippen LogP contribution in [0.5, 0.6) is 11.8 Å². The summed E-state index contributed by atoms with van der Waals surface area (Å²) in [6, 6.07) is 2.11. The van der Waals surface area contributed by atoms with Gasteiger partial charge in [0.15, 0.2) is 0 Å². The van der Waals surface area contributed by atoms with E-state index in [0.29, 0.717) is 29.5 Å². The Hall–Kier alpha value is -4.55. The summed E-state index contributed by atoms with van der Waals surface area (Å²) in [7, 11) is -2.78. The molecule has 3 aliphatic carbocycles. The molecule has 4 amide bonds. The van der Waals surface area contributed by atoms with Crippen LogP contribution in [0.25, 0.3) is 10.9 Å². The van der Waals surface area contributed by atoms with Gasteiger partial charge in [0.2, 0.25) is 28.3 Å². The fourth-order valence-electron chi connectivity index (χ4n) is 8.70. The highest BCUT2D eigenvalue weighted by Crippen LogP contribution is 2.49. The Balaban J connectivity index is 1.25. The number of alkyl halides is 2. The van der Waals surface area contributed by atoms with Crippen molar-refractivity contribution in [2.24, 2.45) is 17.3 Å². The van der Waals surface area contributed by atoms with Gasteiger partial charge in [0, 0.05) is 19.0 Å². The molecule has 0 unspecified atom stereocenters. The third-order valence-corrected chi connectivity index (χ3v) is 15.0. The number of hydrogen-bond acceptors (Lipinski definition) is 11. The normalized spacial score (nSPS) is 29.9. The summed E-state index contributed by atoms with van der Waals surface area (Å²) in [5.41, 5.74) is -3.28. The van der Waals surface area contributed by atoms with Gasteiger partial charge in [-0.25, -0.2) is 22.0 Å². The fraction of sp³-hybridized carbons (Fsp3) is 0.700. The molecule has 3 N–H and O–H groups in total. The number of amides is 4. The molecule has 2 bridgehead atoms. The molecule has 7 atom stereocenters. The van der Waals surface area contributed by atoms with Gasteiger partial charge in [-0.3, -0.25) is 28.5 Å². The summed E-state index contributed by atoms with van der Waals surface area (Å²) < 4.78 is 74.4. The molecule has 324 valence electrons. The van der Waals surface area contributed by atoms with E-state index < -0.39 is 86.5 Å². The van der Waals surface area contributed by atoms with Crippen LogP contribution in [0.1, 0.15) is 98.3 Å². The van der Waals surface area contributed by atoms with E-state index in [0.717, 1.165) is 37.0 Å². The number of rotatable bonds is 7. The highest BCUT2D eigenvalue weighted by Gasteiger charge is 2.67. The van der Waals surface area contributed by atoms with Crippen LogP contribution in [0.15, 0.2) is 23.0 Å². The number of aromatic nitrogens is 2. The van der Waals surface area contributed by atoms with Crippen LogP contribution in [-0.2, 0) is 35.7 Å². The zero-order chi connectivity index (χ0) is 42.7. The molecule has 59 heavy (non-hydrogen) atoms. The molecule has 4 fully saturated rings. The molecule has 0 radical (unpaired) electrons. The number of carbonyl (C=O) groups is 4. The van der Waals surface area contributed by atoms with Crippen LogP contribution >= 0.6 is 0 Å². The minimum atomic E-state index is -4.26. The van der Waals surface area contributed by atoms with Crippen molar-refractivity contribution in [2.75, 3.05) is 13.7 Å². The SMILES string of the molecule is COc1ccc2c(=O)n3c(nc2c1)O[C@@H]1C[C@@H](C(=O)N[C@]2(C(=O)NS(=O)(=O)C4(C)CC4)C[C@H]2C(F)F)N(C1)C(=O)[C@H](C(C)(C)C)NC(=O)O[C@@H]1CCC[C@H]1CCCCC3. The highest BCUT2D eigenvalue weighted by molar-refractivity contribution is 7.91. The number of ether oxygens (including phenoxy) is 3. The van der Waals surface area contributed by atoms with E-state index in [1.807, 2.05) is 4.72 Å². The average molecular weight is 849 g/mol. The second kappa shape index (κ2) is 15.8. The zero-order valence-electron chi connectivity index (χ0n) is 34.1. The lowest BCUT2D eigenvalue weighted by molar-refractivity contribution is -0.143. The van der Waals surface area contributed by atoms with Crippen molar-refractivity contribution in [2.45, 2.75) is 146 Å². The Bertz CT molecular complexity index is 2180.